The monoisotopic (exact) mass is 638 g/mol. The van der Waals surface area contributed by atoms with Crippen LogP contribution in [0.1, 0.15) is 28.7 Å². The first-order chi connectivity index (χ1) is 23.1. The van der Waals surface area contributed by atoms with Crippen molar-refractivity contribution in [3.8, 4) is 0 Å². The number of aliphatic hydroxyl groups excluding tert-OH is 1. The Balaban J connectivity index is 1.53. The van der Waals surface area contributed by atoms with Crippen molar-refractivity contribution in [1.29, 1.82) is 0 Å². The molecule has 0 aromatic heterocycles. The van der Waals surface area contributed by atoms with Gasteiger partial charge in [-0.1, -0.05) is 133 Å². The molecule has 8 nitrogen and oxygen atoms in total. The van der Waals surface area contributed by atoms with E-state index in [0.717, 1.165) is 22.3 Å². The molecule has 0 amide bonds. The van der Waals surface area contributed by atoms with Crippen LogP contribution in [-0.4, -0.2) is 55.0 Å². The van der Waals surface area contributed by atoms with E-state index in [4.69, 9.17) is 28.4 Å². The summed E-state index contributed by atoms with van der Waals surface area (Å²) in [6.07, 6.45) is -0.656. The predicted molar refractivity (Wildman–Crippen MR) is 177 cm³/mol. The number of esters is 1. The Morgan fingerprint density at radius 1 is 0.702 bits per heavy atom. The first-order valence-electron chi connectivity index (χ1n) is 15.8. The van der Waals surface area contributed by atoms with Crippen LogP contribution in [0.3, 0.4) is 0 Å². The molecule has 0 radical (unpaired) electrons. The van der Waals surface area contributed by atoms with Gasteiger partial charge in [-0.3, -0.25) is 4.79 Å². The third kappa shape index (κ3) is 9.68. The molecule has 1 aliphatic rings. The number of methoxy groups -OCH3 is 1. The van der Waals surface area contributed by atoms with Crippen LogP contribution in [0, 0.1) is 0 Å². The highest BCUT2D eigenvalue weighted by molar-refractivity contribution is 5.70. The van der Waals surface area contributed by atoms with Crippen LogP contribution in [0.2, 0.25) is 0 Å². The second kappa shape index (κ2) is 17.7. The van der Waals surface area contributed by atoms with Gasteiger partial charge in [0.25, 0.3) is 0 Å². The predicted octanol–water partition coefficient (Wildman–Crippen LogP) is 6.17. The van der Waals surface area contributed by atoms with Gasteiger partial charge >= 0.3 is 5.97 Å². The summed E-state index contributed by atoms with van der Waals surface area (Å²) in [5.74, 6) is -0.418. The van der Waals surface area contributed by atoms with Gasteiger partial charge in [0.15, 0.2) is 6.29 Å². The minimum atomic E-state index is -1.42. The number of hydrogen-bond acceptors (Lipinski definition) is 8. The second-order valence-corrected chi connectivity index (χ2v) is 11.3. The zero-order valence-corrected chi connectivity index (χ0v) is 26.6. The zero-order valence-electron chi connectivity index (χ0n) is 26.6. The minimum absolute atomic E-state index is 0.0180. The summed E-state index contributed by atoms with van der Waals surface area (Å²) in [5, 5.41) is 11.7. The lowest BCUT2D eigenvalue weighted by Gasteiger charge is -2.51. The summed E-state index contributed by atoms with van der Waals surface area (Å²) in [6, 6.07) is 39.0. The number of rotatable bonds is 16. The molecule has 0 saturated carbocycles. The molecule has 0 aliphatic carbocycles. The number of carbonyl (C=O) groups excluding carboxylic acids is 1. The molecule has 8 heteroatoms. The van der Waals surface area contributed by atoms with Crippen LogP contribution in [0.4, 0.5) is 0 Å². The lowest BCUT2D eigenvalue weighted by molar-refractivity contribution is -0.340. The van der Waals surface area contributed by atoms with E-state index in [1.807, 2.05) is 121 Å². The molecule has 1 heterocycles. The highest BCUT2D eigenvalue weighted by Gasteiger charge is 2.58. The molecule has 1 fully saturated rings. The van der Waals surface area contributed by atoms with Gasteiger partial charge in [0.2, 0.25) is 0 Å². The van der Waals surface area contributed by atoms with Gasteiger partial charge in [0, 0.05) is 0 Å². The lowest BCUT2D eigenvalue weighted by atomic mass is 9.82. The third-order valence-electron chi connectivity index (χ3n) is 7.96. The average Bonchev–Trinajstić information content (AvgIpc) is 3.12. The summed E-state index contributed by atoms with van der Waals surface area (Å²) < 4.78 is 37.4. The molecule has 5 atom stereocenters. The van der Waals surface area contributed by atoms with E-state index in [-0.39, 0.29) is 32.8 Å². The van der Waals surface area contributed by atoms with E-state index in [1.165, 1.54) is 7.11 Å². The Hall–Kier alpha value is -4.15. The van der Waals surface area contributed by atoms with E-state index in [0.29, 0.717) is 6.61 Å². The second-order valence-electron chi connectivity index (χ2n) is 11.3. The number of carbonyl (C=O) groups is 1. The number of ether oxygens (including phenoxy) is 6. The highest BCUT2D eigenvalue weighted by atomic mass is 16.7. The van der Waals surface area contributed by atoms with E-state index >= 15 is 0 Å². The average molecular weight is 639 g/mol. The standard InChI is InChI=1S/C39H42O8/c1-42-35(40)23-14-24-39(46-28-33-21-12-5-13-22-33)36(44-26-31-17-8-3-9-18-31)34(29-43-25-30-15-6-2-7-16-30)47-38(41)37(39)45-27-32-19-10-4-11-20-32/h2-22,24,34,36-38,41H,23,25-29H2,1H3/t34-,36-,37+,38+,39+/m1/s1. The molecule has 0 unspecified atom stereocenters. The molecule has 0 spiro atoms. The molecular weight excluding hydrogens is 596 g/mol. The molecule has 0 bridgehead atoms. The van der Waals surface area contributed by atoms with Crippen molar-refractivity contribution in [2.45, 2.75) is 63.1 Å². The molecular formula is C39H42O8. The topological polar surface area (TPSA) is 92.7 Å². The Morgan fingerprint density at radius 2 is 1.17 bits per heavy atom. The van der Waals surface area contributed by atoms with E-state index in [9.17, 15) is 9.90 Å². The normalized spacial score (nSPS) is 22.7. The fraction of sp³-hybridized carbons (Fsp3) is 0.308. The molecule has 47 heavy (non-hydrogen) atoms. The molecule has 4 aromatic carbocycles. The molecule has 4 aromatic rings. The summed E-state index contributed by atoms with van der Waals surface area (Å²) in [6.45, 7) is 1.01. The van der Waals surface area contributed by atoms with Gasteiger partial charge in [0.05, 0.1) is 46.6 Å². The van der Waals surface area contributed by atoms with Crippen molar-refractivity contribution in [2.24, 2.45) is 0 Å². The van der Waals surface area contributed by atoms with Crippen LogP contribution < -0.4 is 0 Å². The molecule has 246 valence electrons. The lowest BCUT2D eigenvalue weighted by Crippen LogP contribution is -2.68. The summed E-state index contributed by atoms with van der Waals surface area (Å²) in [7, 11) is 1.34. The van der Waals surface area contributed by atoms with Crippen molar-refractivity contribution in [3.05, 3.63) is 156 Å². The molecule has 1 N–H and O–H groups in total. The van der Waals surface area contributed by atoms with Gasteiger partial charge in [0.1, 0.15) is 23.9 Å². The van der Waals surface area contributed by atoms with Crippen LogP contribution in [0.25, 0.3) is 0 Å². The quantitative estimate of drug-likeness (QED) is 0.115. The Bertz CT molecular complexity index is 1500. The number of benzene rings is 4. The first-order valence-corrected chi connectivity index (χ1v) is 15.8. The highest BCUT2D eigenvalue weighted by Crippen LogP contribution is 2.40. The summed E-state index contributed by atoms with van der Waals surface area (Å²) >= 11 is 0. The molecule has 1 aliphatic heterocycles. The first kappa shape index (κ1) is 34.2. The molecule has 5 rings (SSSR count). The summed E-state index contributed by atoms with van der Waals surface area (Å²) in [5.41, 5.74) is 2.34. The maximum atomic E-state index is 12.3. The SMILES string of the molecule is COC(=O)CC=C[C@]1(OCc2ccccc2)[C@H](OCc2ccccc2)[C@@H](COCc2ccccc2)O[C@H](O)[C@@H]1OCc1ccccc1. The zero-order chi connectivity index (χ0) is 32.7. The van der Waals surface area contributed by atoms with E-state index in [1.54, 1.807) is 12.2 Å². The maximum absolute atomic E-state index is 12.3. The third-order valence-corrected chi connectivity index (χ3v) is 7.96. The van der Waals surface area contributed by atoms with Gasteiger partial charge in [-0.05, 0) is 22.3 Å². The fourth-order valence-electron chi connectivity index (χ4n) is 5.57. The van der Waals surface area contributed by atoms with Crippen molar-refractivity contribution in [1.82, 2.24) is 0 Å². The number of hydrogen-bond donors (Lipinski definition) is 1. The van der Waals surface area contributed by atoms with Gasteiger partial charge < -0.3 is 33.5 Å². The summed E-state index contributed by atoms with van der Waals surface area (Å²) in [4.78, 5) is 12.3. The minimum Gasteiger partial charge on any atom is -0.469 e. The Morgan fingerprint density at radius 3 is 1.68 bits per heavy atom. The van der Waals surface area contributed by atoms with Gasteiger partial charge in [-0.15, -0.1) is 0 Å². The van der Waals surface area contributed by atoms with E-state index < -0.39 is 36.2 Å². The van der Waals surface area contributed by atoms with Crippen LogP contribution in [-0.2, 0) is 59.6 Å². The smallest absolute Gasteiger partial charge is 0.309 e. The van der Waals surface area contributed by atoms with Crippen LogP contribution in [0.5, 0.6) is 0 Å². The van der Waals surface area contributed by atoms with Crippen molar-refractivity contribution >= 4 is 5.97 Å². The van der Waals surface area contributed by atoms with Crippen molar-refractivity contribution in [2.75, 3.05) is 13.7 Å². The van der Waals surface area contributed by atoms with Crippen molar-refractivity contribution in [3.63, 3.8) is 0 Å². The van der Waals surface area contributed by atoms with Crippen molar-refractivity contribution < 1.29 is 38.3 Å². The van der Waals surface area contributed by atoms with Gasteiger partial charge in [-0.2, -0.15) is 0 Å². The van der Waals surface area contributed by atoms with Crippen LogP contribution in [0.15, 0.2) is 133 Å². The largest absolute Gasteiger partial charge is 0.469 e. The Labute approximate surface area is 276 Å². The Kier molecular flexibility index (Phi) is 12.9. The van der Waals surface area contributed by atoms with Crippen LogP contribution >= 0.6 is 0 Å². The van der Waals surface area contributed by atoms with Gasteiger partial charge in [-0.25, -0.2) is 0 Å². The fourth-order valence-corrected chi connectivity index (χ4v) is 5.57. The maximum Gasteiger partial charge on any atom is 0.309 e. The van der Waals surface area contributed by atoms with E-state index in [2.05, 4.69) is 0 Å². The molecule has 1 saturated heterocycles. The number of aliphatic hydroxyl groups is 1.